The van der Waals surface area contributed by atoms with Crippen LogP contribution in [0.25, 0.3) is 0 Å². The van der Waals surface area contributed by atoms with E-state index in [-0.39, 0.29) is 6.54 Å². The molecule has 1 atom stereocenters. The number of nitrogens with one attached hydrogen (secondary N) is 1. The van der Waals surface area contributed by atoms with E-state index in [0.29, 0.717) is 13.0 Å². The maximum Gasteiger partial charge on any atom is 0.336 e. The van der Waals surface area contributed by atoms with Gasteiger partial charge in [-0.1, -0.05) is 0 Å². The fourth-order valence-corrected chi connectivity index (χ4v) is 1.22. The van der Waals surface area contributed by atoms with Crippen molar-refractivity contribution < 1.29 is 15.0 Å². The minimum atomic E-state index is -1.72. The van der Waals surface area contributed by atoms with Crippen LogP contribution in [0.1, 0.15) is 12.6 Å². The molecule has 1 aromatic rings. The Bertz CT molecular complexity index is 360. The summed E-state index contributed by atoms with van der Waals surface area (Å²) in [5, 5.41) is 25.1. The summed E-state index contributed by atoms with van der Waals surface area (Å²) >= 11 is 0. The lowest BCUT2D eigenvalue weighted by atomic mass is 10.1. The molecule has 90 valence electrons. The molecular weight excluding hydrogens is 210 g/mol. The molecule has 0 aliphatic heterocycles. The van der Waals surface area contributed by atoms with Crippen molar-refractivity contribution in [2.24, 2.45) is 7.05 Å². The van der Waals surface area contributed by atoms with Crippen molar-refractivity contribution in [3.63, 3.8) is 0 Å². The Balaban J connectivity index is 2.24. The van der Waals surface area contributed by atoms with Gasteiger partial charge in [-0.3, -0.25) is 4.68 Å². The van der Waals surface area contributed by atoms with Crippen LogP contribution in [0.15, 0.2) is 12.3 Å². The third kappa shape index (κ3) is 3.63. The number of carbonyl (C=O) groups is 1. The molecule has 0 saturated heterocycles. The lowest BCUT2D eigenvalue weighted by Gasteiger charge is -2.17. The number of aryl methyl sites for hydroxylation is 1. The van der Waals surface area contributed by atoms with E-state index in [9.17, 15) is 9.90 Å². The van der Waals surface area contributed by atoms with E-state index in [4.69, 9.17) is 5.11 Å². The molecule has 0 aliphatic carbocycles. The summed E-state index contributed by atoms with van der Waals surface area (Å²) in [5.41, 5.74) is -0.783. The van der Waals surface area contributed by atoms with Crippen molar-refractivity contribution in [2.45, 2.75) is 18.9 Å². The van der Waals surface area contributed by atoms with Gasteiger partial charge in [-0.05, 0) is 13.0 Å². The van der Waals surface area contributed by atoms with E-state index in [1.54, 1.807) is 4.68 Å². The summed E-state index contributed by atoms with van der Waals surface area (Å²) in [7, 11) is 1.84. The average molecular weight is 227 g/mol. The second kappa shape index (κ2) is 5.09. The number of rotatable bonds is 6. The molecule has 0 amide bonds. The van der Waals surface area contributed by atoms with Crippen molar-refractivity contribution in [3.05, 3.63) is 18.0 Å². The maximum absolute atomic E-state index is 10.6. The third-order valence-corrected chi connectivity index (χ3v) is 2.26. The summed E-state index contributed by atoms with van der Waals surface area (Å²) in [4.78, 5) is 10.6. The van der Waals surface area contributed by atoms with Crippen molar-refractivity contribution in [2.75, 3.05) is 13.1 Å². The predicted molar refractivity (Wildman–Crippen MR) is 58.0 cm³/mol. The molecule has 0 aromatic carbocycles. The van der Waals surface area contributed by atoms with Crippen molar-refractivity contribution in [1.82, 2.24) is 15.1 Å². The van der Waals surface area contributed by atoms with Gasteiger partial charge in [-0.15, -0.1) is 0 Å². The zero-order valence-electron chi connectivity index (χ0n) is 9.47. The second-order valence-corrected chi connectivity index (χ2v) is 3.99. The van der Waals surface area contributed by atoms with Crippen LogP contribution in [0, 0.1) is 0 Å². The normalized spacial score (nSPS) is 14.7. The molecule has 0 aliphatic rings. The molecule has 6 heteroatoms. The second-order valence-electron chi connectivity index (χ2n) is 3.99. The van der Waals surface area contributed by atoms with Crippen LogP contribution in [-0.2, 0) is 18.3 Å². The highest BCUT2D eigenvalue weighted by Crippen LogP contribution is 2.01. The molecule has 3 N–H and O–H groups in total. The van der Waals surface area contributed by atoms with Gasteiger partial charge in [-0.25, -0.2) is 4.79 Å². The molecule has 0 spiro atoms. The number of hydrogen-bond donors (Lipinski definition) is 3. The van der Waals surface area contributed by atoms with E-state index in [2.05, 4.69) is 10.4 Å². The van der Waals surface area contributed by atoms with Gasteiger partial charge in [0.05, 0.1) is 5.69 Å². The summed E-state index contributed by atoms with van der Waals surface area (Å²) < 4.78 is 1.71. The summed E-state index contributed by atoms with van der Waals surface area (Å²) in [6.45, 7) is 1.87. The summed E-state index contributed by atoms with van der Waals surface area (Å²) in [5.74, 6) is -1.22. The molecule has 1 rings (SSSR count). The van der Waals surface area contributed by atoms with Gasteiger partial charge in [0.15, 0.2) is 5.60 Å². The summed E-state index contributed by atoms with van der Waals surface area (Å²) in [6, 6.07) is 1.90. The van der Waals surface area contributed by atoms with Crippen LogP contribution in [0.3, 0.4) is 0 Å². The molecular formula is C10H17N3O3. The van der Waals surface area contributed by atoms with Crippen LogP contribution in [-0.4, -0.2) is 44.7 Å². The Labute approximate surface area is 93.9 Å². The molecule has 0 radical (unpaired) electrons. The number of aromatic nitrogens is 2. The van der Waals surface area contributed by atoms with Gasteiger partial charge in [-0.2, -0.15) is 5.10 Å². The highest BCUT2D eigenvalue weighted by atomic mass is 16.4. The molecule has 6 nitrogen and oxygen atoms in total. The minimum absolute atomic E-state index is 0.0230. The van der Waals surface area contributed by atoms with Crippen molar-refractivity contribution >= 4 is 5.97 Å². The quantitative estimate of drug-likeness (QED) is 0.564. The molecule has 0 saturated carbocycles. The Morgan fingerprint density at radius 1 is 1.69 bits per heavy atom. The van der Waals surface area contributed by atoms with Gasteiger partial charge >= 0.3 is 5.97 Å². The average Bonchev–Trinajstić information content (AvgIpc) is 2.59. The minimum Gasteiger partial charge on any atom is -0.479 e. The molecule has 0 bridgehead atoms. The lowest BCUT2D eigenvalue weighted by Crippen LogP contribution is -2.45. The third-order valence-electron chi connectivity index (χ3n) is 2.26. The smallest absolute Gasteiger partial charge is 0.336 e. The number of nitrogens with zero attached hydrogens (tertiary/aromatic N) is 2. The standard InChI is InChI=1S/C10H17N3O3/c1-10(16,9(14)15)7-11-5-3-8-4-6-13(2)12-8/h4,6,11,16H,3,5,7H2,1-2H3,(H,14,15). The van der Waals surface area contributed by atoms with Crippen LogP contribution in [0.4, 0.5) is 0 Å². The van der Waals surface area contributed by atoms with Crippen molar-refractivity contribution in [1.29, 1.82) is 0 Å². The van der Waals surface area contributed by atoms with E-state index in [1.165, 1.54) is 6.92 Å². The number of hydrogen-bond acceptors (Lipinski definition) is 4. The number of aliphatic hydroxyl groups is 1. The van der Waals surface area contributed by atoms with E-state index in [1.807, 2.05) is 19.3 Å². The Morgan fingerprint density at radius 2 is 2.38 bits per heavy atom. The van der Waals surface area contributed by atoms with Crippen LogP contribution >= 0.6 is 0 Å². The van der Waals surface area contributed by atoms with Crippen molar-refractivity contribution in [3.8, 4) is 0 Å². The lowest BCUT2D eigenvalue weighted by molar-refractivity contribution is -0.156. The van der Waals surface area contributed by atoms with Gasteiger partial charge in [0.1, 0.15) is 0 Å². The van der Waals surface area contributed by atoms with Crippen LogP contribution in [0.2, 0.25) is 0 Å². The first-order valence-electron chi connectivity index (χ1n) is 5.07. The molecule has 1 heterocycles. The van der Waals surface area contributed by atoms with E-state index in [0.717, 1.165) is 5.69 Å². The zero-order chi connectivity index (χ0) is 12.2. The Hall–Kier alpha value is -1.40. The highest BCUT2D eigenvalue weighted by molar-refractivity contribution is 5.76. The number of aliphatic carboxylic acids is 1. The first-order valence-corrected chi connectivity index (χ1v) is 5.07. The van der Waals surface area contributed by atoms with E-state index >= 15 is 0 Å². The van der Waals surface area contributed by atoms with E-state index < -0.39 is 11.6 Å². The topological polar surface area (TPSA) is 87.4 Å². The Morgan fingerprint density at radius 3 is 2.88 bits per heavy atom. The Kier molecular flexibility index (Phi) is 4.03. The SMILES string of the molecule is Cn1ccc(CCNCC(C)(O)C(=O)O)n1. The number of carboxylic acid groups (broad SMARTS) is 1. The van der Waals surface area contributed by atoms with Gasteiger partial charge in [0.2, 0.25) is 0 Å². The molecule has 1 aromatic heterocycles. The fraction of sp³-hybridized carbons (Fsp3) is 0.600. The maximum atomic E-state index is 10.6. The molecule has 16 heavy (non-hydrogen) atoms. The monoisotopic (exact) mass is 227 g/mol. The van der Waals surface area contributed by atoms with Gasteiger partial charge in [0, 0.05) is 32.8 Å². The highest BCUT2D eigenvalue weighted by Gasteiger charge is 2.28. The number of carboxylic acids is 1. The van der Waals surface area contributed by atoms with Gasteiger partial charge in [0.25, 0.3) is 0 Å². The first-order chi connectivity index (χ1) is 7.42. The molecule has 0 fully saturated rings. The van der Waals surface area contributed by atoms with Gasteiger partial charge < -0.3 is 15.5 Å². The van der Waals surface area contributed by atoms with Crippen LogP contribution < -0.4 is 5.32 Å². The van der Waals surface area contributed by atoms with Crippen LogP contribution in [0.5, 0.6) is 0 Å². The fourth-order valence-electron chi connectivity index (χ4n) is 1.22. The zero-order valence-corrected chi connectivity index (χ0v) is 9.47. The first kappa shape index (κ1) is 12.7. The molecule has 1 unspecified atom stereocenters. The summed E-state index contributed by atoms with van der Waals surface area (Å²) in [6.07, 6.45) is 2.55. The largest absolute Gasteiger partial charge is 0.479 e. The predicted octanol–water partition coefficient (Wildman–Crippen LogP) is -0.612.